The van der Waals surface area contributed by atoms with Crippen LogP contribution in [0.5, 0.6) is 0 Å². The van der Waals surface area contributed by atoms with Crippen molar-refractivity contribution in [3.8, 4) is 6.07 Å². The Morgan fingerprint density at radius 2 is 1.86 bits per heavy atom. The second-order valence-electron chi connectivity index (χ2n) is 4.62. The first-order valence-corrected chi connectivity index (χ1v) is 7.02. The number of hydrogen-bond donors (Lipinski definition) is 1. The second-order valence-corrected chi connectivity index (χ2v) is 5.44. The number of nitriles is 1. The van der Waals surface area contributed by atoms with Gasteiger partial charge in [-0.05, 0) is 24.3 Å². The molecule has 3 rings (SSSR count). The largest absolute Gasteiger partial charge is 0.428 e. The van der Waals surface area contributed by atoms with E-state index < -0.39 is 5.78 Å². The van der Waals surface area contributed by atoms with Crippen LogP contribution in [0, 0.1) is 11.3 Å². The normalized spacial score (nSPS) is 10.6. The van der Waals surface area contributed by atoms with Gasteiger partial charge in [-0.25, -0.2) is 0 Å². The molecule has 0 spiro atoms. The lowest BCUT2D eigenvalue weighted by Gasteiger charge is -2.04. The van der Waals surface area contributed by atoms with Gasteiger partial charge in [0.15, 0.2) is 0 Å². The first-order valence-electron chi connectivity index (χ1n) is 6.27. The second kappa shape index (κ2) is 5.38. The predicted molar refractivity (Wildman–Crippen MR) is 83.7 cm³/mol. The molecule has 3 aromatic rings. The van der Waals surface area contributed by atoms with Gasteiger partial charge >= 0.3 is 0 Å². The highest BCUT2D eigenvalue weighted by Crippen LogP contribution is 2.28. The van der Waals surface area contributed by atoms with Crippen molar-refractivity contribution < 1.29 is 10.0 Å². The number of carbonyl (C=O) groups is 1. The summed E-state index contributed by atoms with van der Waals surface area (Å²) in [4.78, 5) is 12.6. The van der Waals surface area contributed by atoms with Crippen LogP contribution >= 0.6 is 23.2 Å². The SMILES string of the molecule is N#Cc1c(C(=O)c2ccc(Cl)c(Cl)c2)n(O)c2ccccc12. The number of fused-ring (bicyclic) bond motifs is 1. The minimum Gasteiger partial charge on any atom is -0.428 e. The predicted octanol–water partition coefficient (Wildman–Crippen LogP) is 4.29. The lowest BCUT2D eigenvalue weighted by molar-refractivity contribution is 0.0991. The highest BCUT2D eigenvalue weighted by molar-refractivity contribution is 6.42. The number of aromatic nitrogens is 1. The van der Waals surface area contributed by atoms with E-state index in [4.69, 9.17) is 23.2 Å². The molecule has 0 amide bonds. The molecule has 4 nitrogen and oxygen atoms in total. The van der Waals surface area contributed by atoms with Gasteiger partial charge in [-0.3, -0.25) is 4.79 Å². The third-order valence-corrected chi connectivity index (χ3v) is 4.10. The monoisotopic (exact) mass is 330 g/mol. The minimum atomic E-state index is -0.506. The van der Waals surface area contributed by atoms with Crippen LogP contribution in [0.4, 0.5) is 0 Å². The summed E-state index contributed by atoms with van der Waals surface area (Å²) in [6.45, 7) is 0. The van der Waals surface area contributed by atoms with Gasteiger partial charge in [0, 0.05) is 10.9 Å². The number of benzene rings is 2. The fraction of sp³-hybridized carbons (Fsp3) is 0. The fourth-order valence-electron chi connectivity index (χ4n) is 2.32. The lowest BCUT2D eigenvalue weighted by Crippen LogP contribution is -2.09. The number of hydrogen-bond acceptors (Lipinski definition) is 3. The van der Waals surface area contributed by atoms with Gasteiger partial charge in [0.2, 0.25) is 5.78 Å². The van der Waals surface area contributed by atoms with Crippen LogP contribution < -0.4 is 0 Å². The molecule has 1 aromatic heterocycles. The third kappa shape index (κ3) is 2.12. The van der Waals surface area contributed by atoms with Crippen molar-refractivity contribution >= 4 is 39.9 Å². The summed E-state index contributed by atoms with van der Waals surface area (Å²) in [7, 11) is 0. The average molecular weight is 331 g/mol. The standard InChI is InChI=1S/C16H8Cl2N2O2/c17-12-6-5-9(7-13(12)18)16(21)15-11(8-19)10-3-1-2-4-14(10)20(15)22/h1-7,22H. The number of halogens is 2. The Labute approximate surface area is 135 Å². The summed E-state index contributed by atoms with van der Waals surface area (Å²) in [5.41, 5.74) is 0.655. The van der Waals surface area contributed by atoms with Gasteiger partial charge in [0.1, 0.15) is 11.8 Å². The van der Waals surface area contributed by atoms with Crippen molar-refractivity contribution in [3.63, 3.8) is 0 Å². The number of rotatable bonds is 2. The molecule has 1 heterocycles. The molecule has 0 unspecified atom stereocenters. The van der Waals surface area contributed by atoms with Gasteiger partial charge < -0.3 is 5.21 Å². The number of carbonyl (C=O) groups excluding carboxylic acids is 1. The van der Waals surface area contributed by atoms with Gasteiger partial charge in [0.25, 0.3) is 0 Å². The van der Waals surface area contributed by atoms with E-state index in [1.54, 1.807) is 24.3 Å². The molecular weight excluding hydrogens is 323 g/mol. The lowest BCUT2D eigenvalue weighted by atomic mass is 10.0. The fourth-order valence-corrected chi connectivity index (χ4v) is 2.62. The van der Waals surface area contributed by atoms with E-state index in [1.165, 1.54) is 18.2 Å². The van der Waals surface area contributed by atoms with Gasteiger partial charge in [-0.2, -0.15) is 9.99 Å². The Hall–Kier alpha value is -2.48. The molecule has 0 atom stereocenters. The van der Waals surface area contributed by atoms with Gasteiger partial charge in [-0.15, -0.1) is 0 Å². The van der Waals surface area contributed by atoms with E-state index in [1.807, 2.05) is 6.07 Å². The maximum absolute atomic E-state index is 12.6. The van der Waals surface area contributed by atoms with E-state index in [-0.39, 0.29) is 21.8 Å². The van der Waals surface area contributed by atoms with E-state index in [0.29, 0.717) is 15.9 Å². The molecule has 0 aliphatic carbocycles. The molecule has 0 bridgehead atoms. The summed E-state index contributed by atoms with van der Waals surface area (Å²) >= 11 is 11.8. The van der Waals surface area contributed by atoms with Gasteiger partial charge in [0.05, 0.1) is 21.1 Å². The molecule has 0 saturated carbocycles. The molecule has 6 heteroatoms. The highest BCUT2D eigenvalue weighted by atomic mass is 35.5. The van der Waals surface area contributed by atoms with Crippen molar-refractivity contribution in [2.75, 3.05) is 0 Å². The zero-order valence-electron chi connectivity index (χ0n) is 11.0. The smallest absolute Gasteiger partial charge is 0.214 e. The number of ketones is 1. The van der Waals surface area contributed by atoms with Crippen molar-refractivity contribution in [1.29, 1.82) is 5.26 Å². The molecule has 0 fully saturated rings. The summed E-state index contributed by atoms with van der Waals surface area (Å²) in [5.74, 6) is -0.506. The maximum Gasteiger partial charge on any atom is 0.214 e. The van der Waals surface area contributed by atoms with Crippen LogP contribution in [0.3, 0.4) is 0 Å². The van der Waals surface area contributed by atoms with Crippen LogP contribution in [0.15, 0.2) is 42.5 Å². The molecule has 108 valence electrons. The van der Waals surface area contributed by atoms with E-state index >= 15 is 0 Å². The van der Waals surface area contributed by atoms with Crippen LogP contribution in [0.1, 0.15) is 21.6 Å². The third-order valence-electron chi connectivity index (χ3n) is 3.36. The summed E-state index contributed by atoms with van der Waals surface area (Å²) in [5, 5.41) is 20.7. The molecule has 0 aliphatic heterocycles. The Balaban J connectivity index is 2.25. The Bertz CT molecular complexity index is 955. The molecule has 22 heavy (non-hydrogen) atoms. The van der Waals surface area contributed by atoms with Crippen molar-refractivity contribution in [2.45, 2.75) is 0 Å². The number of para-hydroxylation sites is 1. The van der Waals surface area contributed by atoms with Gasteiger partial charge in [-0.1, -0.05) is 41.4 Å². The first kappa shape index (κ1) is 14.5. The Kier molecular flexibility index (Phi) is 3.53. The maximum atomic E-state index is 12.6. The van der Waals surface area contributed by atoms with Crippen molar-refractivity contribution in [1.82, 2.24) is 4.73 Å². The first-order chi connectivity index (χ1) is 10.5. The van der Waals surface area contributed by atoms with Crippen molar-refractivity contribution in [3.05, 3.63) is 69.3 Å². The summed E-state index contributed by atoms with van der Waals surface area (Å²) in [6.07, 6.45) is 0. The zero-order valence-corrected chi connectivity index (χ0v) is 12.6. The Morgan fingerprint density at radius 1 is 1.14 bits per heavy atom. The summed E-state index contributed by atoms with van der Waals surface area (Å²) < 4.78 is 0.735. The van der Waals surface area contributed by atoms with Crippen LogP contribution in [0.25, 0.3) is 10.9 Å². The van der Waals surface area contributed by atoms with E-state index in [0.717, 1.165) is 4.73 Å². The minimum absolute atomic E-state index is 0.0953. The van der Waals surface area contributed by atoms with E-state index in [2.05, 4.69) is 0 Å². The molecule has 0 saturated heterocycles. The molecule has 0 aliphatic rings. The van der Waals surface area contributed by atoms with Crippen LogP contribution in [0.2, 0.25) is 10.0 Å². The van der Waals surface area contributed by atoms with Crippen LogP contribution in [-0.4, -0.2) is 15.7 Å². The molecule has 1 N–H and O–H groups in total. The highest BCUT2D eigenvalue weighted by Gasteiger charge is 2.24. The zero-order chi connectivity index (χ0) is 15.9. The summed E-state index contributed by atoms with van der Waals surface area (Å²) in [6, 6.07) is 13.1. The Morgan fingerprint density at radius 3 is 2.55 bits per heavy atom. The molecular formula is C16H8Cl2N2O2. The number of nitrogens with zero attached hydrogens (tertiary/aromatic N) is 2. The molecule has 2 aromatic carbocycles. The van der Waals surface area contributed by atoms with Crippen molar-refractivity contribution in [2.24, 2.45) is 0 Å². The average Bonchev–Trinajstić information content (AvgIpc) is 2.82. The quantitative estimate of drug-likeness (QED) is 0.563. The van der Waals surface area contributed by atoms with E-state index in [9.17, 15) is 15.3 Å². The topological polar surface area (TPSA) is 66.0 Å². The van der Waals surface area contributed by atoms with Crippen LogP contribution in [-0.2, 0) is 0 Å². The molecule has 0 radical (unpaired) electrons.